The SMILES string of the molecule is COC(=O)C1=C(C)N(C)C(=O)C[C@H]1c1ccccc1OC. The Bertz CT molecular complexity index is 606. The third-order valence-corrected chi connectivity index (χ3v) is 3.91. The summed E-state index contributed by atoms with van der Waals surface area (Å²) in [6, 6.07) is 7.42. The number of allylic oxidation sites excluding steroid dienone is 1. The Morgan fingerprint density at radius 1 is 1.29 bits per heavy atom. The molecule has 1 atom stereocenters. The smallest absolute Gasteiger partial charge is 0.336 e. The maximum atomic E-state index is 12.2. The van der Waals surface area contributed by atoms with Gasteiger partial charge < -0.3 is 14.4 Å². The van der Waals surface area contributed by atoms with E-state index in [2.05, 4.69) is 0 Å². The summed E-state index contributed by atoms with van der Waals surface area (Å²) in [7, 11) is 4.58. The second-order valence-corrected chi connectivity index (χ2v) is 4.94. The number of benzene rings is 1. The maximum absolute atomic E-state index is 12.2. The van der Waals surface area contributed by atoms with Crippen molar-refractivity contribution in [1.82, 2.24) is 4.90 Å². The van der Waals surface area contributed by atoms with E-state index in [1.54, 1.807) is 21.1 Å². The molecule has 0 radical (unpaired) electrons. The summed E-state index contributed by atoms with van der Waals surface area (Å²) < 4.78 is 10.3. The van der Waals surface area contributed by atoms with Gasteiger partial charge in [0.25, 0.3) is 0 Å². The highest BCUT2D eigenvalue weighted by molar-refractivity contribution is 5.95. The van der Waals surface area contributed by atoms with E-state index in [1.165, 1.54) is 12.0 Å². The molecule has 21 heavy (non-hydrogen) atoms. The highest BCUT2D eigenvalue weighted by Crippen LogP contribution is 2.39. The van der Waals surface area contributed by atoms with Crippen LogP contribution in [-0.4, -0.2) is 38.0 Å². The van der Waals surface area contributed by atoms with Gasteiger partial charge in [0, 0.05) is 30.6 Å². The largest absolute Gasteiger partial charge is 0.496 e. The number of esters is 1. The number of hydrogen-bond donors (Lipinski definition) is 0. The number of hydrogen-bond acceptors (Lipinski definition) is 4. The van der Waals surface area contributed by atoms with Gasteiger partial charge in [0.1, 0.15) is 5.75 Å². The third kappa shape index (κ3) is 2.63. The average Bonchev–Trinajstić information content (AvgIpc) is 2.51. The summed E-state index contributed by atoms with van der Waals surface area (Å²) in [5.41, 5.74) is 1.94. The molecule has 1 aromatic rings. The summed E-state index contributed by atoms with van der Waals surface area (Å²) in [5, 5.41) is 0. The van der Waals surface area contributed by atoms with Gasteiger partial charge in [0.15, 0.2) is 0 Å². The van der Waals surface area contributed by atoms with Gasteiger partial charge in [-0.3, -0.25) is 4.79 Å². The summed E-state index contributed by atoms with van der Waals surface area (Å²) >= 11 is 0. The van der Waals surface area contributed by atoms with E-state index in [4.69, 9.17) is 9.47 Å². The molecule has 1 heterocycles. The molecule has 0 spiro atoms. The summed E-state index contributed by atoms with van der Waals surface area (Å²) in [5.74, 6) is -0.134. The standard InChI is InChI=1S/C16H19NO4/c1-10-15(16(19)21-4)12(9-14(18)17(10)2)11-7-5-6-8-13(11)20-3/h5-8,12H,9H2,1-4H3/t12-/m0/s1. The molecule has 0 bridgehead atoms. The van der Waals surface area contributed by atoms with Crippen LogP contribution in [0.1, 0.15) is 24.8 Å². The van der Waals surface area contributed by atoms with Crippen molar-refractivity contribution in [2.75, 3.05) is 21.3 Å². The quantitative estimate of drug-likeness (QED) is 0.800. The molecule has 112 valence electrons. The number of methoxy groups -OCH3 is 2. The Balaban J connectivity index is 2.59. The molecule has 1 amide bonds. The number of amides is 1. The first-order chi connectivity index (χ1) is 10.0. The van der Waals surface area contributed by atoms with Crippen molar-refractivity contribution in [2.45, 2.75) is 19.3 Å². The summed E-state index contributed by atoms with van der Waals surface area (Å²) in [4.78, 5) is 25.8. The minimum atomic E-state index is -0.414. The fourth-order valence-corrected chi connectivity index (χ4v) is 2.65. The highest BCUT2D eigenvalue weighted by Gasteiger charge is 2.36. The molecular weight excluding hydrogens is 270 g/mol. The molecule has 1 aliphatic heterocycles. The molecule has 0 unspecified atom stereocenters. The van der Waals surface area contributed by atoms with E-state index in [9.17, 15) is 9.59 Å². The summed E-state index contributed by atoms with van der Waals surface area (Å²) in [6.07, 6.45) is 0.221. The van der Waals surface area contributed by atoms with Gasteiger partial charge in [-0.15, -0.1) is 0 Å². The minimum absolute atomic E-state index is 0.0314. The molecule has 1 aliphatic rings. The van der Waals surface area contributed by atoms with Crippen LogP contribution in [-0.2, 0) is 14.3 Å². The van der Waals surface area contributed by atoms with Crippen LogP contribution in [0.2, 0.25) is 0 Å². The van der Waals surface area contributed by atoms with Crippen LogP contribution < -0.4 is 4.74 Å². The lowest BCUT2D eigenvalue weighted by atomic mass is 9.83. The van der Waals surface area contributed by atoms with Crippen LogP contribution in [0.3, 0.4) is 0 Å². The molecular formula is C16H19NO4. The van der Waals surface area contributed by atoms with Gasteiger partial charge in [-0.1, -0.05) is 18.2 Å². The molecule has 1 aromatic carbocycles. The van der Waals surface area contributed by atoms with Crippen LogP contribution in [0.4, 0.5) is 0 Å². The molecule has 0 saturated heterocycles. The van der Waals surface area contributed by atoms with Crippen LogP contribution in [0.25, 0.3) is 0 Å². The van der Waals surface area contributed by atoms with E-state index in [1.807, 2.05) is 24.3 Å². The Morgan fingerprint density at radius 2 is 1.95 bits per heavy atom. The average molecular weight is 289 g/mol. The molecule has 5 nitrogen and oxygen atoms in total. The fraction of sp³-hybridized carbons (Fsp3) is 0.375. The number of carbonyl (C=O) groups excluding carboxylic acids is 2. The van der Waals surface area contributed by atoms with Crippen molar-refractivity contribution in [3.63, 3.8) is 0 Å². The number of ether oxygens (including phenoxy) is 2. The van der Waals surface area contributed by atoms with Crippen LogP contribution in [0.5, 0.6) is 5.75 Å². The Labute approximate surface area is 124 Å². The van der Waals surface area contributed by atoms with E-state index >= 15 is 0 Å². The van der Waals surface area contributed by atoms with Gasteiger partial charge in [-0.05, 0) is 13.0 Å². The van der Waals surface area contributed by atoms with Gasteiger partial charge in [-0.25, -0.2) is 4.79 Å². The lowest BCUT2D eigenvalue weighted by Crippen LogP contribution is -2.35. The van der Waals surface area contributed by atoms with E-state index in [-0.39, 0.29) is 18.2 Å². The molecule has 0 saturated carbocycles. The van der Waals surface area contributed by atoms with E-state index < -0.39 is 5.97 Å². The van der Waals surface area contributed by atoms with Crippen molar-refractivity contribution < 1.29 is 19.1 Å². The van der Waals surface area contributed by atoms with Crippen molar-refractivity contribution >= 4 is 11.9 Å². The minimum Gasteiger partial charge on any atom is -0.496 e. The topological polar surface area (TPSA) is 55.8 Å². The Morgan fingerprint density at radius 3 is 2.57 bits per heavy atom. The van der Waals surface area contributed by atoms with Gasteiger partial charge >= 0.3 is 5.97 Å². The Kier molecular flexibility index (Phi) is 4.31. The van der Waals surface area contributed by atoms with Crippen molar-refractivity contribution in [3.8, 4) is 5.75 Å². The molecule has 0 aliphatic carbocycles. The maximum Gasteiger partial charge on any atom is 0.336 e. The van der Waals surface area contributed by atoms with Crippen molar-refractivity contribution in [3.05, 3.63) is 41.1 Å². The van der Waals surface area contributed by atoms with Crippen LogP contribution >= 0.6 is 0 Å². The normalized spacial score (nSPS) is 18.8. The first kappa shape index (κ1) is 15.1. The van der Waals surface area contributed by atoms with Crippen molar-refractivity contribution in [1.29, 1.82) is 0 Å². The van der Waals surface area contributed by atoms with Gasteiger partial charge in [0.05, 0.1) is 19.8 Å². The number of carbonyl (C=O) groups is 2. The lowest BCUT2D eigenvalue weighted by Gasteiger charge is -2.32. The van der Waals surface area contributed by atoms with Crippen LogP contribution in [0.15, 0.2) is 35.5 Å². The second-order valence-electron chi connectivity index (χ2n) is 4.94. The third-order valence-electron chi connectivity index (χ3n) is 3.91. The van der Waals surface area contributed by atoms with E-state index in [0.29, 0.717) is 17.0 Å². The molecule has 0 fully saturated rings. The zero-order valence-electron chi connectivity index (χ0n) is 12.7. The monoisotopic (exact) mass is 289 g/mol. The zero-order valence-corrected chi connectivity index (χ0v) is 12.7. The van der Waals surface area contributed by atoms with Crippen molar-refractivity contribution in [2.24, 2.45) is 0 Å². The number of rotatable bonds is 3. The first-order valence-corrected chi connectivity index (χ1v) is 6.69. The molecule has 0 N–H and O–H groups in total. The lowest BCUT2D eigenvalue weighted by molar-refractivity contribution is -0.137. The number of para-hydroxylation sites is 1. The number of nitrogens with zero attached hydrogens (tertiary/aromatic N) is 1. The van der Waals surface area contributed by atoms with E-state index in [0.717, 1.165) is 5.56 Å². The Hall–Kier alpha value is -2.30. The molecule has 2 rings (SSSR count). The predicted octanol–water partition coefficient (Wildman–Crippen LogP) is 2.09. The van der Waals surface area contributed by atoms with Gasteiger partial charge in [0.2, 0.25) is 5.91 Å². The zero-order chi connectivity index (χ0) is 15.6. The molecule has 5 heteroatoms. The molecule has 0 aromatic heterocycles. The summed E-state index contributed by atoms with van der Waals surface area (Å²) in [6.45, 7) is 1.76. The van der Waals surface area contributed by atoms with Crippen LogP contribution in [0, 0.1) is 0 Å². The predicted molar refractivity (Wildman–Crippen MR) is 77.8 cm³/mol. The first-order valence-electron chi connectivity index (χ1n) is 6.69. The van der Waals surface area contributed by atoms with Gasteiger partial charge in [-0.2, -0.15) is 0 Å². The highest BCUT2D eigenvalue weighted by atomic mass is 16.5. The fourth-order valence-electron chi connectivity index (χ4n) is 2.65. The second kappa shape index (κ2) is 5.99.